The Morgan fingerprint density at radius 2 is 1.72 bits per heavy atom. The van der Waals surface area contributed by atoms with E-state index in [-0.39, 0.29) is 0 Å². The molecule has 0 amide bonds. The second-order valence-electron chi connectivity index (χ2n) is 6.74. The normalized spacial score (nSPS) is 25.7. The molecule has 0 aromatic rings. The molecule has 106 valence electrons. The molecule has 0 radical (unpaired) electrons. The molecule has 0 heterocycles. The van der Waals surface area contributed by atoms with Gasteiger partial charge in [0.15, 0.2) is 0 Å². The van der Waals surface area contributed by atoms with Crippen LogP contribution in [-0.4, -0.2) is 55.6 Å². The number of hydrogen-bond donors (Lipinski definition) is 1. The van der Waals surface area contributed by atoms with Gasteiger partial charge in [0.2, 0.25) is 0 Å². The van der Waals surface area contributed by atoms with Gasteiger partial charge in [0.1, 0.15) is 0 Å². The molecule has 2 rings (SSSR count). The monoisotopic (exact) mass is 253 g/mol. The topological polar surface area (TPSA) is 32.5 Å². The van der Waals surface area contributed by atoms with Crippen molar-refractivity contribution in [2.75, 3.05) is 34.2 Å². The van der Waals surface area contributed by atoms with Crippen LogP contribution in [0.25, 0.3) is 0 Å². The van der Waals surface area contributed by atoms with E-state index < -0.39 is 0 Å². The maximum atomic E-state index is 6.05. The zero-order valence-corrected chi connectivity index (χ0v) is 12.5. The average Bonchev–Trinajstić information content (AvgIpc) is 2.77. The highest BCUT2D eigenvalue weighted by Gasteiger charge is 2.41. The Morgan fingerprint density at radius 3 is 2.11 bits per heavy atom. The van der Waals surface area contributed by atoms with Gasteiger partial charge in [-0.15, -0.1) is 0 Å². The third-order valence-electron chi connectivity index (χ3n) is 5.53. The van der Waals surface area contributed by atoms with Gasteiger partial charge in [-0.3, -0.25) is 0 Å². The number of nitrogens with zero attached hydrogens (tertiary/aromatic N) is 2. The minimum absolute atomic E-state index is 0.431. The van der Waals surface area contributed by atoms with Crippen LogP contribution in [0.15, 0.2) is 0 Å². The maximum absolute atomic E-state index is 6.05. The van der Waals surface area contributed by atoms with Gasteiger partial charge in [0, 0.05) is 24.7 Å². The van der Waals surface area contributed by atoms with Crippen molar-refractivity contribution in [2.45, 2.75) is 56.5 Å². The quantitative estimate of drug-likeness (QED) is 0.785. The standard InChI is InChI=1S/C15H31N3/c1-17(2)15(9-6-10-15)12-18(3)14(11-16)13-7-4-5-8-13/h13-14H,4-12,16H2,1-3H3. The van der Waals surface area contributed by atoms with E-state index in [1.807, 2.05) is 0 Å². The molecule has 0 aromatic carbocycles. The van der Waals surface area contributed by atoms with Crippen LogP contribution in [-0.2, 0) is 0 Å². The van der Waals surface area contributed by atoms with Crippen molar-refractivity contribution in [3.8, 4) is 0 Å². The van der Waals surface area contributed by atoms with E-state index >= 15 is 0 Å². The Kier molecular flexibility index (Phi) is 4.68. The first-order valence-corrected chi connectivity index (χ1v) is 7.67. The summed E-state index contributed by atoms with van der Waals surface area (Å²) in [6, 6.07) is 0.602. The Bertz CT molecular complexity index is 254. The first-order chi connectivity index (χ1) is 8.59. The van der Waals surface area contributed by atoms with Crippen molar-refractivity contribution in [1.82, 2.24) is 9.80 Å². The molecule has 1 unspecified atom stereocenters. The number of hydrogen-bond acceptors (Lipinski definition) is 3. The van der Waals surface area contributed by atoms with Crippen molar-refractivity contribution in [2.24, 2.45) is 11.7 Å². The van der Waals surface area contributed by atoms with Crippen LogP contribution < -0.4 is 5.73 Å². The number of nitrogens with two attached hydrogens (primary N) is 1. The third kappa shape index (κ3) is 2.73. The third-order valence-corrected chi connectivity index (χ3v) is 5.53. The molecule has 2 N–H and O–H groups in total. The Morgan fingerprint density at radius 1 is 1.11 bits per heavy atom. The molecule has 18 heavy (non-hydrogen) atoms. The second-order valence-corrected chi connectivity index (χ2v) is 6.74. The molecule has 0 bridgehead atoms. The van der Waals surface area contributed by atoms with Gasteiger partial charge in [-0.05, 0) is 59.2 Å². The summed E-state index contributed by atoms with van der Waals surface area (Å²) in [6.07, 6.45) is 9.70. The van der Waals surface area contributed by atoms with Crippen molar-refractivity contribution < 1.29 is 0 Å². The molecular weight excluding hydrogens is 222 g/mol. The first kappa shape index (κ1) is 14.3. The van der Waals surface area contributed by atoms with Gasteiger partial charge >= 0.3 is 0 Å². The van der Waals surface area contributed by atoms with Crippen LogP contribution in [0.4, 0.5) is 0 Å². The number of likely N-dealkylation sites (N-methyl/N-ethyl adjacent to an activating group) is 2. The molecule has 1 atom stereocenters. The van der Waals surface area contributed by atoms with E-state index in [0.717, 1.165) is 12.5 Å². The van der Waals surface area contributed by atoms with Crippen molar-refractivity contribution in [3.05, 3.63) is 0 Å². The zero-order chi connectivity index (χ0) is 13.2. The Hall–Kier alpha value is -0.120. The molecule has 0 spiro atoms. The molecule has 3 heteroatoms. The van der Waals surface area contributed by atoms with Gasteiger partial charge in [-0.1, -0.05) is 12.8 Å². The predicted octanol–water partition coefficient (Wildman–Crippen LogP) is 1.92. The number of rotatable bonds is 6. The van der Waals surface area contributed by atoms with E-state index in [4.69, 9.17) is 5.73 Å². The minimum atomic E-state index is 0.431. The lowest BCUT2D eigenvalue weighted by Gasteiger charge is -2.51. The van der Waals surface area contributed by atoms with Crippen LogP contribution in [0.1, 0.15) is 44.9 Å². The fourth-order valence-corrected chi connectivity index (χ4v) is 3.99. The zero-order valence-electron chi connectivity index (χ0n) is 12.5. The Labute approximate surface area is 113 Å². The molecule has 2 fully saturated rings. The average molecular weight is 253 g/mol. The van der Waals surface area contributed by atoms with Crippen LogP contribution >= 0.6 is 0 Å². The first-order valence-electron chi connectivity index (χ1n) is 7.67. The van der Waals surface area contributed by atoms with Gasteiger partial charge in [-0.25, -0.2) is 0 Å². The molecule has 2 saturated carbocycles. The van der Waals surface area contributed by atoms with E-state index in [1.165, 1.54) is 51.5 Å². The molecule has 0 aromatic heterocycles. The van der Waals surface area contributed by atoms with E-state index in [9.17, 15) is 0 Å². The van der Waals surface area contributed by atoms with Gasteiger partial charge < -0.3 is 15.5 Å². The lowest BCUT2D eigenvalue weighted by atomic mass is 9.75. The van der Waals surface area contributed by atoms with Crippen molar-refractivity contribution in [1.29, 1.82) is 0 Å². The molecule has 2 aliphatic carbocycles. The highest BCUT2D eigenvalue weighted by atomic mass is 15.2. The highest BCUT2D eigenvalue weighted by Crippen LogP contribution is 2.38. The molecule has 0 saturated heterocycles. The largest absolute Gasteiger partial charge is 0.329 e. The minimum Gasteiger partial charge on any atom is -0.329 e. The SMILES string of the molecule is CN(CC1(N(C)C)CCC1)C(CN)C1CCCC1. The van der Waals surface area contributed by atoms with E-state index in [1.54, 1.807) is 0 Å². The predicted molar refractivity (Wildman–Crippen MR) is 77.7 cm³/mol. The van der Waals surface area contributed by atoms with E-state index in [2.05, 4.69) is 30.9 Å². The summed E-state index contributed by atoms with van der Waals surface area (Å²) in [5, 5.41) is 0. The van der Waals surface area contributed by atoms with Crippen LogP contribution in [0.5, 0.6) is 0 Å². The fraction of sp³-hybridized carbons (Fsp3) is 1.00. The smallest absolute Gasteiger partial charge is 0.0330 e. The fourth-order valence-electron chi connectivity index (χ4n) is 3.99. The molecular formula is C15H31N3. The van der Waals surface area contributed by atoms with Gasteiger partial charge in [0.25, 0.3) is 0 Å². The summed E-state index contributed by atoms with van der Waals surface area (Å²) in [5.74, 6) is 0.847. The summed E-state index contributed by atoms with van der Waals surface area (Å²) in [7, 11) is 6.76. The summed E-state index contributed by atoms with van der Waals surface area (Å²) in [4.78, 5) is 5.00. The van der Waals surface area contributed by atoms with Crippen molar-refractivity contribution in [3.63, 3.8) is 0 Å². The highest BCUT2D eigenvalue weighted by molar-refractivity contribution is 4.99. The van der Waals surface area contributed by atoms with Gasteiger partial charge in [-0.2, -0.15) is 0 Å². The van der Waals surface area contributed by atoms with Crippen LogP contribution in [0, 0.1) is 5.92 Å². The lowest BCUT2D eigenvalue weighted by Crippen LogP contribution is -2.59. The summed E-state index contributed by atoms with van der Waals surface area (Å²) in [6.45, 7) is 2.02. The summed E-state index contributed by atoms with van der Waals surface area (Å²) < 4.78 is 0. The molecule has 0 aliphatic heterocycles. The van der Waals surface area contributed by atoms with Crippen molar-refractivity contribution >= 4 is 0 Å². The lowest BCUT2D eigenvalue weighted by molar-refractivity contribution is 0.00923. The van der Waals surface area contributed by atoms with Crippen LogP contribution in [0.2, 0.25) is 0 Å². The van der Waals surface area contributed by atoms with Gasteiger partial charge in [0.05, 0.1) is 0 Å². The summed E-state index contributed by atoms with van der Waals surface area (Å²) >= 11 is 0. The molecule has 2 aliphatic rings. The summed E-state index contributed by atoms with van der Waals surface area (Å²) in [5.41, 5.74) is 6.48. The second kappa shape index (κ2) is 5.89. The molecule has 3 nitrogen and oxygen atoms in total. The van der Waals surface area contributed by atoms with E-state index in [0.29, 0.717) is 11.6 Å². The Balaban J connectivity index is 1.94. The maximum Gasteiger partial charge on any atom is 0.0330 e. The van der Waals surface area contributed by atoms with Crippen LogP contribution in [0.3, 0.4) is 0 Å².